The van der Waals surface area contributed by atoms with E-state index in [-0.39, 0.29) is 0 Å². The SMILES string of the molecule is CC(C)COc1ccc(C(=O)Oc2ccc(-n3cnnn3)cc2)cc1. The van der Waals surface area contributed by atoms with Crippen LogP contribution in [0.15, 0.2) is 54.9 Å². The van der Waals surface area contributed by atoms with Crippen LogP contribution in [0.2, 0.25) is 0 Å². The molecule has 0 atom stereocenters. The Morgan fingerprint density at radius 2 is 1.72 bits per heavy atom. The minimum atomic E-state index is -0.425. The molecule has 0 unspecified atom stereocenters. The van der Waals surface area contributed by atoms with Gasteiger partial charge in [0.05, 0.1) is 17.9 Å². The van der Waals surface area contributed by atoms with E-state index in [4.69, 9.17) is 9.47 Å². The first-order valence-corrected chi connectivity index (χ1v) is 7.90. The second kappa shape index (κ2) is 7.57. The smallest absolute Gasteiger partial charge is 0.343 e. The molecule has 0 saturated carbocycles. The monoisotopic (exact) mass is 338 g/mol. The van der Waals surface area contributed by atoms with Crippen LogP contribution in [0.5, 0.6) is 11.5 Å². The summed E-state index contributed by atoms with van der Waals surface area (Å²) in [4.78, 5) is 12.2. The van der Waals surface area contributed by atoms with E-state index in [0.717, 1.165) is 11.4 Å². The zero-order valence-corrected chi connectivity index (χ0v) is 14.0. The highest BCUT2D eigenvalue weighted by Gasteiger charge is 2.09. The Bertz CT molecular complexity index is 813. The number of esters is 1. The summed E-state index contributed by atoms with van der Waals surface area (Å²) >= 11 is 0. The third-order valence-electron chi connectivity index (χ3n) is 3.33. The maximum Gasteiger partial charge on any atom is 0.343 e. The number of benzene rings is 2. The number of tetrazole rings is 1. The standard InChI is InChI=1S/C18H18N4O3/c1-13(2)11-24-16-7-3-14(4-8-16)18(23)25-17-9-5-15(6-10-17)22-12-19-20-21-22/h3-10,12-13H,11H2,1-2H3. The number of carbonyl (C=O) groups excluding carboxylic acids is 1. The van der Waals surface area contributed by atoms with Crippen LogP contribution < -0.4 is 9.47 Å². The van der Waals surface area contributed by atoms with Gasteiger partial charge in [0.25, 0.3) is 0 Å². The Morgan fingerprint density at radius 3 is 2.32 bits per heavy atom. The fourth-order valence-electron chi connectivity index (χ4n) is 2.06. The lowest BCUT2D eigenvalue weighted by atomic mass is 10.2. The van der Waals surface area contributed by atoms with Crippen molar-refractivity contribution in [3.05, 3.63) is 60.4 Å². The predicted molar refractivity (Wildman–Crippen MR) is 90.9 cm³/mol. The third kappa shape index (κ3) is 4.41. The van der Waals surface area contributed by atoms with Gasteiger partial charge in [-0.3, -0.25) is 0 Å². The first kappa shape index (κ1) is 16.6. The molecule has 3 aromatic rings. The summed E-state index contributed by atoms with van der Waals surface area (Å²) in [6, 6.07) is 13.8. The van der Waals surface area contributed by atoms with E-state index in [0.29, 0.717) is 23.8 Å². The van der Waals surface area contributed by atoms with Gasteiger partial charge in [-0.25, -0.2) is 9.48 Å². The Labute approximate surface area is 145 Å². The minimum absolute atomic E-state index is 0.425. The van der Waals surface area contributed by atoms with Gasteiger partial charge in [-0.1, -0.05) is 13.8 Å². The van der Waals surface area contributed by atoms with Crippen molar-refractivity contribution >= 4 is 5.97 Å². The Balaban J connectivity index is 1.62. The van der Waals surface area contributed by atoms with E-state index in [1.54, 1.807) is 48.5 Å². The molecule has 0 amide bonds. The van der Waals surface area contributed by atoms with Gasteiger partial charge in [0.1, 0.15) is 17.8 Å². The molecule has 0 aliphatic carbocycles. The molecule has 0 aliphatic heterocycles. The van der Waals surface area contributed by atoms with Gasteiger partial charge in [0, 0.05) is 0 Å². The lowest BCUT2D eigenvalue weighted by Gasteiger charge is -2.09. The van der Waals surface area contributed by atoms with E-state index < -0.39 is 5.97 Å². The molecular weight excluding hydrogens is 320 g/mol. The Hall–Kier alpha value is -3.22. The summed E-state index contributed by atoms with van der Waals surface area (Å²) in [6.45, 7) is 4.80. The largest absolute Gasteiger partial charge is 0.493 e. The van der Waals surface area contributed by atoms with Gasteiger partial charge < -0.3 is 9.47 Å². The highest BCUT2D eigenvalue weighted by molar-refractivity contribution is 5.91. The van der Waals surface area contributed by atoms with Crippen molar-refractivity contribution in [2.75, 3.05) is 6.61 Å². The van der Waals surface area contributed by atoms with Crippen molar-refractivity contribution in [1.29, 1.82) is 0 Å². The highest BCUT2D eigenvalue weighted by Crippen LogP contribution is 2.18. The van der Waals surface area contributed by atoms with E-state index in [1.807, 2.05) is 0 Å². The zero-order valence-electron chi connectivity index (χ0n) is 14.0. The van der Waals surface area contributed by atoms with Crippen LogP contribution in [0.4, 0.5) is 0 Å². The van der Waals surface area contributed by atoms with Crippen molar-refractivity contribution in [2.45, 2.75) is 13.8 Å². The molecule has 0 saturated heterocycles. The van der Waals surface area contributed by atoms with Crippen LogP contribution in [0.25, 0.3) is 5.69 Å². The van der Waals surface area contributed by atoms with Gasteiger partial charge >= 0.3 is 5.97 Å². The highest BCUT2D eigenvalue weighted by atomic mass is 16.5. The topological polar surface area (TPSA) is 79.1 Å². The average molecular weight is 338 g/mol. The molecule has 0 bridgehead atoms. The van der Waals surface area contributed by atoms with Crippen LogP contribution in [0, 0.1) is 5.92 Å². The lowest BCUT2D eigenvalue weighted by molar-refractivity contribution is 0.0734. The third-order valence-corrected chi connectivity index (χ3v) is 3.33. The molecule has 7 nitrogen and oxygen atoms in total. The van der Waals surface area contributed by atoms with Gasteiger partial charge in [-0.15, -0.1) is 5.10 Å². The van der Waals surface area contributed by atoms with E-state index in [2.05, 4.69) is 29.4 Å². The summed E-state index contributed by atoms with van der Waals surface area (Å²) in [5, 5.41) is 10.9. The molecule has 0 aliphatic rings. The second-order valence-corrected chi connectivity index (χ2v) is 5.87. The summed E-state index contributed by atoms with van der Waals surface area (Å²) in [5.41, 5.74) is 1.23. The molecule has 128 valence electrons. The average Bonchev–Trinajstić information content (AvgIpc) is 3.15. The van der Waals surface area contributed by atoms with Gasteiger partial charge in [0.2, 0.25) is 0 Å². The van der Waals surface area contributed by atoms with Crippen molar-refractivity contribution in [3.63, 3.8) is 0 Å². The zero-order chi connectivity index (χ0) is 17.6. The molecule has 0 N–H and O–H groups in total. The van der Waals surface area contributed by atoms with Gasteiger partial charge in [-0.05, 0) is 64.9 Å². The maximum atomic E-state index is 12.2. The Morgan fingerprint density at radius 1 is 1.04 bits per heavy atom. The molecule has 25 heavy (non-hydrogen) atoms. The van der Waals surface area contributed by atoms with Crippen LogP contribution in [0.3, 0.4) is 0 Å². The fraction of sp³-hybridized carbons (Fsp3) is 0.222. The normalized spacial score (nSPS) is 10.7. The molecule has 0 radical (unpaired) electrons. The number of aromatic nitrogens is 4. The number of rotatable bonds is 6. The van der Waals surface area contributed by atoms with Crippen LogP contribution >= 0.6 is 0 Å². The van der Waals surface area contributed by atoms with Crippen molar-refractivity contribution in [1.82, 2.24) is 20.2 Å². The molecular formula is C18H18N4O3. The molecule has 0 spiro atoms. The van der Waals surface area contributed by atoms with Crippen molar-refractivity contribution < 1.29 is 14.3 Å². The first-order valence-electron chi connectivity index (χ1n) is 7.90. The number of carbonyl (C=O) groups is 1. The fourth-order valence-corrected chi connectivity index (χ4v) is 2.06. The van der Waals surface area contributed by atoms with Crippen molar-refractivity contribution in [3.8, 4) is 17.2 Å². The minimum Gasteiger partial charge on any atom is -0.493 e. The second-order valence-electron chi connectivity index (χ2n) is 5.87. The Kier molecular flexibility index (Phi) is 5.03. The van der Waals surface area contributed by atoms with Crippen molar-refractivity contribution in [2.24, 2.45) is 5.92 Å². The first-order chi connectivity index (χ1) is 12.1. The van der Waals surface area contributed by atoms with E-state index in [1.165, 1.54) is 11.0 Å². The van der Waals surface area contributed by atoms with Gasteiger partial charge in [0.15, 0.2) is 0 Å². The van der Waals surface area contributed by atoms with Gasteiger partial charge in [-0.2, -0.15) is 0 Å². The van der Waals surface area contributed by atoms with Crippen LogP contribution in [0.1, 0.15) is 24.2 Å². The number of hydrogen-bond donors (Lipinski definition) is 0. The van der Waals surface area contributed by atoms with Crippen LogP contribution in [-0.2, 0) is 0 Å². The summed E-state index contributed by atoms with van der Waals surface area (Å²) in [7, 11) is 0. The van der Waals surface area contributed by atoms with E-state index in [9.17, 15) is 4.79 Å². The van der Waals surface area contributed by atoms with Crippen LogP contribution in [-0.4, -0.2) is 32.8 Å². The summed E-state index contributed by atoms with van der Waals surface area (Å²) in [5.74, 6) is 1.20. The quantitative estimate of drug-likeness (QED) is 0.508. The molecule has 0 fully saturated rings. The molecule has 7 heteroatoms. The lowest BCUT2D eigenvalue weighted by Crippen LogP contribution is -2.09. The number of ether oxygens (including phenoxy) is 2. The predicted octanol–water partition coefficient (Wildman–Crippen LogP) is 2.92. The maximum absolute atomic E-state index is 12.2. The summed E-state index contributed by atoms with van der Waals surface area (Å²) < 4.78 is 12.5. The van der Waals surface area contributed by atoms with E-state index >= 15 is 0 Å². The molecule has 3 rings (SSSR count). The molecule has 1 heterocycles. The number of nitrogens with zero attached hydrogens (tertiary/aromatic N) is 4. The molecule has 2 aromatic carbocycles. The molecule has 1 aromatic heterocycles. The number of hydrogen-bond acceptors (Lipinski definition) is 6. The summed E-state index contributed by atoms with van der Waals surface area (Å²) in [6.07, 6.45) is 1.49.